The normalized spacial score (nSPS) is 16.4. The number of aliphatic hydroxyl groups is 1. The number of piperidine rings is 1. The minimum atomic E-state index is -0.0676. The Bertz CT molecular complexity index is 516. The number of likely N-dealkylation sites (tertiary alicyclic amines) is 1. The summed E-state index contributed by atoms with van der Waals surface area (Å²) in [5.74, 6) is 0.347. The average Bonchev–Trinajstić information content (AvgIpc) is 2.54. The van der Waals surface area contributed by atoms with E-state index >= 15 is 0 Å². The average molecular weight is 287 g/mol. The SMILES string of the molecule is N#Cc1ccccc1NC(=O)CCN1CCC(CO)CC1. The van der Waals surface area contributed by atoms with Gasteiger partial charge >= 0.3 is 0 Å². The van der Waals surface area contributed by atoms with Crippen molar-refractivity contribution in [3.8, 4) is 6.07 Å². The van der Waals surface area contributed by atoms with Gasteiger partial charge in [-0.25, -0.2) is 0 Å². The monoisotopic (exact) mass is 287 g/mol. The number of anilines is 1. The molecule has 1 aliphatic rings. The van der Waals surface area contributed by atoms with Gasteiger partial charge in [-0.1, -0.05) is 12.1 Å². The van der Waals surface area contributed by atoms with Gasteiger partial charge in [0.05, 0.1) is 11.3 Å². The number of nitriles is 1. The molecular weight excluding hydrogens is 266 g/mol. The molecule has 1 fully saturated rings. The smallest absolute Gasteiger partial charge is 0.225 e. The van der Waals surface area contributed by atoms with Crippen molar-refractivity contribution in [2.75, 3.05) is 31.6 Å². The van der Waals surface area contributed by atoms with E-state index in [2.05, 4.69) is 16.3 Å². The van der Waals surface area contributed by atoms with Gasteiger partial charge in [0.15, 0.2) is 0 Å². The molecule has 2 rings (SSSR count). The number of carbonyl (C=O) groups excluding carboxylic acids is 1. The van der Waals surface area contributed by atoms with Crippen LogP contribution in [-0.4, -0.2) is 42.2 Å². The molecule has 0 atom stereocenters. The van der Waals surface area contributed by atoms with E-state index in [1.807, 2.05) is 0 Å². The van der Waals surface area contributed by atoms with Crippen LogP contribution in [0.1, 0.15) is 24.8 Å². The highest BCUT2D eigenvalue weighted by Crippen LogP contribution is 2.17. The van der Waals surface area contributed by atoms with Crippen LogP contribution in [0.2, 0.25) is 0 Å². The van der Waals surface area contributed by atoms with Gasteiger partial charge in [0.2, 0.25) is 5.91 Å². The van der Waals surface area contributed by atoms with Crippen LogP contribution in [0.15, 0.2) is 24.3 Å². The molecule has 0 spiro atoms. The molecule has 2 N–H and O–H groups in total. The van der Waals surface area contributed by atoms with E-state index < -0.39 is 0 Å². The number of hydrogen-bond donors (Lipinski definition) is 2. The van der Waals surface area contributed by atoms with Gasteiger partial charge in [0.1, 0.15) is 6.07 Å². The minimum absolute atomic E-state index is 0.0676. The zero-order valence-corrected chi connectivity index (χ0v) is 12.1. The van der Waals surface area contributed by atoms with Gasteiger partial charge < -0.3 is 15.3 Å². The Balaban J connectivity index is 1.77. The van der Waals surface area contributed by atoms with Crippen LogP contribution in [0.4, 0.5) is 5.69 Å². The summed E-state index contributed by atoms with van der Waals surface area (Å²) in [5.41, 5.74) is 1.05. The van der Waals surface area contributed by atoms with Crippen LogP contribution in [0, 0.1) is 17.2 Å². The standard InChI is InChI=1S/C16H21N3O2/c17-11-14-3-1-2-4-15(14)18-16(21)7-10-19-8-5-13(12-20)6-9-19/h1-4,13,20H,5-10,12H2,(H,18,21). The maximum Gasteiger partial charge on any atom is 0.225 e. The molecule has 21 heavy (non-hydrogen) atoms. The van der Waals surface area contributed by atoms with E-state index in [0.29, 0.717) is 23.6 Å². The van der Waals surface area contributed by atoms with Gasteiger partial charge in [0, 0.05) is 19.6 Å². The summed E-state index contributed by atoms with van der Waals surface area (Å²) in [4.78, 5) is 14.2. The molecule has 1 heterocycles. The quantitative estimate of drug-likeness (QED) is 0.862. The largest absolute Gasteiger partial charge is 0.396 e. The molecule has 112 valence electrons. The van der Waals surface area contributed by atoms with Gasteiger partial charge in [-0.3, -0.25) is 4.79 Å². The fourth-order valence-corrected chi connectivity index (χ4v) is 2.55. The number of carbonyl (C=O) groups is 1. The number of nitrogens with one attached hydrogen (secondary N) is 1. The molecule has 0 aromatic heterocycles. The Morgan fingerprint density at radius 3 is 2.76 bits per heavy atom. The fraction of sp³-hybridized carbons (Fsp3) is 0.500. The third kappa shape index (κ3) is 4.55. The Morgan fingerprint density at radius 2 is 2.10 bits per heavy atom. The van der Waals surface area contributed by atoms with Crippen molar-refractivity contribution < 1.29 is 9.90 Å². The molecule has 1 amide bonds. The summed E-state index contributed by atoms with van der Waals surface area (Å²) < 4.78 is 0. The minimum Gasteiger partial charge on any atom is -0.396 e. The van der Waals surface area contributed by atoms with E-state index in [1.54, 1.807) is 24.3 Å². The van der Waals surface area contributed by atoms with Crippen molar-refractivity contribution in [3.63, 3.8) is 0 Å². The summed E-state index contributed by atoms with van der Waals surface area (Å²) in [6.45, 7) is 2.86. The number of aliphatic hydroxyl groups excluding tert-OH is 1. The fourth-order valence-electron chi connectivity index (χ4n) is 2.55. The lowest BCUT2D eigenvalue weighted by Crippen LogP contribution is -2.36. The predicted octanol–water partition coefficient (Wildman–Crippen LogP) is 1.59. The second kappa shape index (κ2) is 7.77. The zero-order valence-electron chi connectivity index (χ0n) is 12.1. The van der Waals surface area contributed by atoms with Crippen molar-refractivity contribution in [1.29, 1.82) is 5.26 Å². The number of rotatable bonds is 5. The van der Waals surface area contributed by atoms with Crippen molar-refractivity contribution in [2.24, 2.45) is 5.92 Å². The first-order chi connectivity index (χ1) is 10.2. The third-order valence-corrected chi connectivity index (χ3v) is 3.94. The second-order valence-electron chi connectivity index (χ2n) is 5.42. The molecule has 1 saturated heterocycles. The van der Waals surface area contributed by atoms with Crippen molar-refractivity contribution >= 4 is 11.6 Å². The van der Waals surface area contributed by atoms with Gasteiger partial charge in [-0.05, 0) is 44.0 Å². The van der Waals surface area contributed by atoms with Crippen LogP contribution >= 0.6 is 0 Å². The first-order valence-corrected chi connectivity index (χ1v) is 7.35. The van der Waals surface area contributed by atoms with E-state index in [9.17, 15) is 4.79 Å². The molecule has 5 nitrogen and oxygen atoms in total. The molecule has 0 bridgehead atoms. The summed E-state index contributed by atoms with van der Waals surface area (Å²) in [7, 11) is 0. The van der Waals surface area contributed by atoms with Crippen LogP contribution < -0.4 is 5.32 Å². The summed E-state index contributed by atoms with van der Waals surface area (Å²) in [6.07, 6.45) is 2.41. The molecule has 0 unspecified atom stereocenters. The van der Waals surface area contributed by atoms with Crippen LogP contribution in [0.3, 0.4) is 0 Å². The van der Waals surface area contributed by atoms with Crippen LogP contribution in [-0.2, 0) is 4.79 Å². The molecule has 0 saturated carbocycles. The Labute approximate surface area is 125 Å². The number of amides is 1. The molecule has 1 aliphatic heterocycles. The number of hydrogen-bond acceptors (Lipinski definition) is 4. The van der Waals surface area contributed by atoms with E-state index in [1.165, 1.54) is 0 Å². The lowest BCUT2D eigenvalue weighted by Gasteiger charge is -2.30. The summed E-state index contributed by atoms with van der Waals surface area (Å²) >= 11 is 0. The number of para-hydroxylation sites is 1. The zero-order chi connectivity index (χ0) is 15.1. The maximum absolute atomic E-state index is 12.0. The Kier molecular flexibility index (Phi) is 5.73. The second-order valence-corrected chi connectivity index (χ2v) is 5.42. The third-order valence-electron chi connectivity index (χ3n) is 3.94. The van der Waals surface area contributed by atoms with Crippen LogP contribution in [0.5, 0.6) is 0 Å². The lowest BCUT2D eigenvalue weighted by atomic mass is 9.98. The van der Waals surface area contributed by atoms with E-state index in [4.69, 9.17) is 10.4 Å². The van der Waals surface area contributed by atoms with E-state index in [0.717, 1.165) is 32.5 Å². The van der Waals surface area contributed by atoms with Gasteiger partial charge in [-0.15, -0.1) is 0 Å². The molecule has 0 aliphatic carbocycles. The first kappa shape index (κ1) is 15.5. The number of nitrogens with zero attached hydrogens (tertiary/aromatic N) is 2. The predicted molar refractivity (Wildman–Crippen MR) is 80.7 cm³/mol. The topological polar surface area (TPSA) is 76.4 Å². The maximum atomic E-state index is 12.0. The van der Waals surface area contributed by atoms with Gasteiger partial charge in [0.25, 0.3) is 0 Å². The van der Waals surface area contributed by atoms with Crippen molar-refractivity contribution in [1.82, 2.24) is 4.90 Å². The van der Waals surface area contributed by atoms with Crippen LogP contribution in [0.25, 0.3) is 0 Å². The number of benzene rings is 1. The lowest BCUT2D eigenvalue weighted by molar-refractivity contribution is -0.116. The van der Waals surface area contributed by atoms with Crippen molar-refractivity contribution in [3.05, 3.63) is 29.8 Å². The molecule has 1 aromatic rings. The van der Waals surface area contributed by atoms with Crippen molar-refractivity contribution in [2.45, 2.75) is 19.3 Å². The highest BCUT2D eigenvalue weighted by Gasteiger charge is 2.18. The molecule has 0 radical (unpaired) electrons. The molecule has 1 aromatic carbocycles. The summed E-state index contributed by atoms with van der Waals surface area (Å²) in [6, 6.07) is 9.08. The van der Waals surface area contributed by atoms with Gasteiger partial charge in [-0.2, -0.15) is 5.26 Å². The highest BCUT2D eigenvalue weighted by molar-refractivity contribution is 5.92. The molecule has 5 heteroatoms. The van der Waals surface area contributed by atoms with E-state index in [-0.39, 0.29) is 12.5 Å². The Morgan fingerprint density at radius 1 is 1.38 bits per heavy atom. The Hall–Kier alpha value is -1.90. The first-order valence-electron chi connectivity index (χ1n) is 7.35. The highest BCUT2D eigenvalue weighted by atomic mass is 16.3. The molecular formula is C16H21N3O2. The summed E-state index contributed by atoms with van der Waals surface area (Å²) in [5, 5.41) is 20.9.